The first-order chi connectivity index (χ1) is 5.18. The summed E-state index contributed by atoms with van der Waals surface area (Å²) >= 11 is 0. The van der Waals surface area contributed by atoms with Crippen molar-refractivity contribution in [2.45, 2.75) is 13.1 Å². The van der Waals surface area contributed by atoms with Crippen molar-refractivity contribution in [3.8, 4) is 0 Å². The Hall–Kier alpha value is -0.990. The van der Waals surface area contributed by atoms with E-state index in [-0.39, 0.29) is 0 Å². The molecule has 0 unspecified atom stereocenters. The minimum Gasteiger partial charge on any atom is -0.174 e. The van der Waals surface area contributed by atoms with Gasteiger partial charge in [0.25, 0.3) is 0 Å². The summed E-state index contributed by atoms with van der Waals surface area (Å²) in [5, 5.41) is 0. The van der Waals surface area contributed by atoms with Crippen LogP contribution < -0.4 is 0 Å². The van der Waals surface area contributed by atoms with Crippen LogP contribution in [0.1, 0.15) is 6.42 Å². The lowest BCUT2D eigenvalue weighted by molar-refractivity contribution is 0.00819. The fourth-order valence-electron chi connectivity index (χ4n) is 1.01. The van der Waals surface area contributed by atoms with Gasteiger partial charge in [-0.3, -0.25) is 0 Å². The molecule has 0 fully saturated rings. The van der Waals surface area contributed by atoms with Crippen LogP contribution in [0.15, 0.2) is 35.5 Å². The van der Waals surface area contributed by atoms with E-state index in [1.807, 2.05) is 0 Å². The predicted octanol–water partition coefficient (Wildman–Crippen LogP) is 2.99. The molecule has 0 saturated carbocycles. The van der Waals surface area contributed by atoms with E-state index in [0.29, 0.717) is 0 Å². The van der Waals surface area contributed by atoms with E-state index in [4.69, 9.17) is 0 Å². The maximum absolute atomic E-state index is 9.67. The molecule has 0 aliphatic heterocycles. The zero-order chi connectivity index (χ0) is 8.27. The highest BCUT2D eigenvalue weighted by atomic mass is 19.4. The quantitative estimate of drug-likeness (QED) is 0.511. The van der Waals surface area contributed by atoms with Gasteiger partial charge >= 0.3 is 6.68 Å². The van der Waals surface area contributed by atoms with Crippen molar-refractivity contribution in [1.29, 1.82) is 0 Å². The second-order valence-corrected chi connectivity index (χ2v) is 2.24. The molecule has 0 nitrogen and oxygen atoms in total. The Morgan fingerprint density at radius 1 is 1.00 bits per heavy atom. The molecule has 0 aromatic heterocycles. The number of alkyl halides is 3. The van der Waals surface area contributed by atoms with Gasteiger partial charge in [-0.2, -0.15) is 13.2 Å². The van der Waals surface area contributed by atoms with E-state index in [9.17, 15) is 13.2 Å². The molecule has 0 aromatic rings. The van der Waals surface area contributed by atoms with E-state index in [1.165, 1.54) is 17.6 Å². The average molecular weight is 160 g/mol. The summed E-state index contributed by atoms with van der Waals surface area (Å²) < 4.78 is 29.0. The van der Waals surface area contributed by atoms with Crippen LogP contribution >= 0.6 is 0 Å². The lowest BCUT2D eigenvalue weighted by atomic mass is 10.3. The molecule has 0 N–H and O–H groups in total. The Morgan fingerprint density at radius 3 is 1.45 bits per heavy atom. The van der Waals surface area contributed by atoms with Crippen molar-refractivity contribution < 1.29 is 13.2 Å². The first-order valence-electron chi connectivity index (χ1n) is 3.18. The molecular formula is C8H7F3. The summed E-state index contributed by atoms with van der Waals surface area (Å²) in [5.41, 5.74) is 2.94. The van der Waals surface area contributed by atoms with E-state index >= 15 is 0 Å². The van der Waals surface area contributed by atoms with E-state index in [1.54, 1.807) is 0 Å². The van der Waals surface area contributed by atoms with E-state index in [2.05, 4.69) is 24.3 Å². The van der Waals surface area contributed by atoms with Crippen LogP contribution in [0, 0.1) is 0 Å². The van der Waals surface area contributed by atoms with Gasteiger partial charge in [0, 0.05) is 0 Å². The van der Waals surface area contributed by atoms with Gasteiger partial charge in [0.15, 0.2) is 0 Å². The smallest absolute Gasteiger partial charge is 0.174 e. The normalized spacial score (nSPS) is 17.8. The van der Waals surface area contributed by atoms with Crippen molar-refractivity contribution in [3.63, 3.8) is 0 Å². The first kappa shape index (κ1) is 8.11. The van der Waals surface area contributed by atoms with Gasteiger partial charge in [0.1, 0.15) is 0 Å². The van der Waals surface area contributed by atoms with Gasteiger partial charge in [-0.15, -0.1) is 0 Å². The molecule has 0 radical (unpaired) electrons. The molecule has 0 spiro atoms. The van der Waals surface area contributed by atoms with Crippen molar-refractivity contribution in [2.24, 2.45) is 0 Å². The second-order valence-electron chi connectivity index (χ2n) is 2.24. The monoisotopic (exact) mass is 160 g/mol. The molecule has 2 aliphatic rings. The van der Waals surface area contributed by atoms with Gasteiger partial charge in [-0.25, -0.2) is 0 Å². The molecule has 0 amide bonds. The fourth-order valence-corrected chi connectivity index (χ4v) is 1.01. The van der Waals surface area contributed by atoms with Gasteiger partial charge in [0.05, 0.1) is 0 Å². The SMILES string of the molecule is C1=CC2=CC=C1C2.FC(F)F. The number of halogens is 3. The van der Waals surface area contributed by atoms with Crippen LogP contribution in [0.3, 0.4) is 0 Å². The third-order valence-corrected chi connectivity index (χ3v) is 1.43. The summed E-state index contributed by atoms with van der Waals surface area (Å²) in [7, 11) is 0. The lowest BCUT2D eigenvalue weighted by Crippen LogP contribution is -1.65. The van der Waals surface area contributed by atoms with Gasteiger partial charge in [-0.1, -0.05) is 24.3 Å². The molecule has 0 saturated heterocycles. The third kappa shape index (κ3) is 2.62. The summed E-state index contributed by atoms with van der Waals surface area (Å²) in [6.07, 6.45) is 9.90. The van der Waals surface area contributed by atoms with Crippen LogP contribution in [0.25, 0.3) is 0 Å². The Labute approximate surface area is 62.7 Å². The molecule has 2 bridgehead atoms. The summed E-state index contributed by atoms with van der Waals surface area (Å²) in [4.78, 5) is 0. The van der Waals surface area contributed by atoms with Crippen LogP contribution in [0.2, 0.25) is 0 Å². The number of hydrogen-bond acceptors (Lipinski definition) is 0. The van der Waals surface area contributed by atoms with Crippen LogP contribution in [-0.2, 0) is 0 Å². The minimum absolute atomic E-state index is 1.19. The van der Waals surface area contributed by atoms with Crippen molar-refractivity contribution in [1.82, 2.24) is 0 Å². The number of fused-ring (bicyclic) bond motifs is 2. The van der Waals surface area contributed by atoms with Gasteiger partial charge < -0.3 is 0 Å². The first-order valence-corrected chi connectivity index (χ1v) is 3.18. The van der Waals surface area contributed by atoms with Gasteiger partial charge in [0.2, 0.25) is 0 Å². The highest BCUT2D eigenvalue weighted by Gasteiger charge is 2.07. The largest absolute Gasteiger partial charge is 0.379 e. The third-order valence-electron chi connectivity index (χ3n) is 1.43. The maximum atomic E-state index is 9.67. The number of allylic oxidation sites excluding steroid dienone is 6. The Balaban J connectivity index is 0.000000134. The predicted molar refractivity (Wildman–Crippen MR) is 37.0 cm³/mol. The van der Waals surface area contributed by atoms with E-state index < -0.39 is 6.68 Å². The summed E-state index contributed by atoms with van der Waals surface area (Å²) in [5.74, 6) is 0. The fraction of sp³-hybridized carbons (Fsp3) is 0.250. The highest BCUT2D eigenvalue weighted by Crippen LogP contribution is 2.27. The number of rotatable bonds is 0. The van der Waals surface area contributed by atoms with Crippen LogP contribution in [0.4, 0.5) is 13.2 Å². The summed E-state index contributed by atoms with van der Waals surface area (Å²) in [6.45, 7) is -3.67. The van der Waals surface area contributed by atoms with Crippen LogP contribution in [0.5, 0.6) is 0 Å². The van der Waals surface area contributed by atoms with Crippen LogP contribution in [-0.4, -0.2) is 6.68 Å². The van der Waals surface area contributed by atoms with E-state index in [0.717, 1.165) is 0 Å². The van der Waals surface area contributed by atoms with Crippen molar-refractivity contribution in [2.75, 3.05) is 0 Å². The molecule has 0 aromatic carbocycles. The number of hydrogen-bond donors (Lipinski definition) is 0. The molecule has 2 aliphatic carbocycles. The topological polar surface area (TPSA) is 0 Å². The Bertz CT molecular complexity index is 201. The molecule has 60 valence electrons. The molecule has 0 atom stereocenters. The van der Waals surface area contributed by atoms with Gasteiger partial charge in [-0.05, 0) is 17.6 Å². The molecule has 2 rings (SSSR count). The lowest BCUT2D eigenvalue weighted by Gasteiger charge is -1.77. The minimum atomic E-state index is -3.67. The Kier molecular flexibility index (Phi) is 2.52. The average Bonchev–Trinajstić information content (AvgIpc) is 2.45. The molecule has 11 heavy (non-hydrogen) atoms. The van der Waals surface area contributed by atoms with Crippen molar-refractivity contribution in [3.05, 3.63) is 35.5 Å². The highest BCUT2D eigenvalue weighted by molar-refractivity contribution is 5.49. The zero-order valence-electron chi connectivity index (χ0n) is 5.73. The maximum Gasteiger partial charge on any atom is 0.379 e. The zero-order valence-corrected chi connectivity index (χ0v) is 5.73. The Morgan fingerprint density at radius 2 is 1.36 bits per heavy atom. The summed E-state index contributed by atoms with van der Waals surface area (Å²) in [6, 6.07) is 0. The molecular weight excluding hydrogens is 153 g/mol. The van der Waals surface area contributed by atoms with Crippen molar-refractivity contribution >= 4 is 0 Å². The molecule has 3 heteroatoms. The second kappa shape index (κ2) is 3.42. The molecule has 0 heterocycles. The standard InChI is InChI=1S/C7H6.CHF3/c1-2-7-4-3-6(1)5-7;2-1(3)4/h1-4H,5H2;1H.